The van der Waals surface area contributed by atoms with Crippen molar-refractivity contribution in [3.8, 4) is 0 Å². The number of fused-ring (bicyclic) bond motifs is 1. The van der Waals surface area contributed by atoms with E-state index in [9.17, 15) is 4.79 Å². The van der Waals surface area contributed by atoms with E-state index in [0.29, 0.717) is 10.7 Å². The Kier molecular flexibility index (Phi) is 3.63. The Balaban J connectivity index is 2.33. The minimum atomic E-state index is -0.642. The van der Waals surface area contributed by atoms with Crippen LogP contribution in [0.1, 0.15) is 18.5 Å². The summed E-state index contributed by atoms with van der Waals surface area (Å²) >= 11 is 7.59. The first-order chi connectivity index (χ1) is 8.02. The molecule has 92 valence electrons. The average Bonchev–Trinajstić information content (AvgIpc) is 2.56. The Morgan fingerprint density at radius 1 is 1.65 bits per heavy atom. The third-order valence-corrected chi connectivity index (χ3v) is 4.13. The SMILES string of the molecule is CC(CO)Sc1cc2c(cc1Cl)C(N)C(=O)N2. The molecule has 2 atom stereocenters. The van der Waals surface area contributed by atoms with E-state index in [2.05, 4.69) is 5.32 Å². The van der Waals surface area contributed by atoms with Gasteiger partial charge in [-0.05, 0) is 12.1 Å². The smallest absolute Gasteiger partial charge is 0.245 e. The number of carbonyl (C=O) groups is 1. The van der Waals surface area contributed by atoms with Crippen molar-refractivity contribution in [3.05, 3.63) is 22.7 Å². The van der Waals surface area contributed by atoms with Gasteiger partial charge in [-0.3, -0.25) is 4.79 Å². The standard InChI is InChI=1S/C11H13ClN2O2S/c1-5(4-15)17-9-3-8-6(2-7(9)12)10(13)11(16)14-8/h2-3,5,10,15H,4,13H2,1H3,(H,14,16). The van der Waals surface area contributed by atoms with Crippen LogP contribution >= 0.6 is 23.4 Å². The molecule has 6 heteroatoms. The van der Waals surface area contributed by atoms with E-state index in [0.717, 1.165) is 10.5 Å². The number of hydrogen-bond acceptors (Lipinski definition) is 4. The summed E-state index contributed by atoms with van der Waals surface area (Å²) in [5.41, 5.74) is 7.15. The maximum Gasteiger partial charge on any atom is 0.245 e. The number of thioether (sulfide) groups is 1. The van der Waals surface area contributed by atoms with Crippen LogP contribution < -0.4 is 11.1 Å². The van der Waals surface area contributed by atoms with Crippen LogP contribution in [0.4, 0.5) is 5.69 Å². The Bertz CT molecular complexity index is 467. The summed E-state index contributed by atoms with van der Waals surface area (Å²) in [6.45, 7) is 1.97. The number of aliphatic hydroxyl groups excluding tert-OH is 1. The molecule has 1 aromatic rings. The van der Waals surface area contributed by atoms with Crippen LogP contribution in [0.25, 0.3) is 0 Å². The molecule has 1 aliphatic heterocycles. The van der Waals surface area contributed by atoms with E-state index in [1.807, 2.05) is 6.92 Å². The van der Waals surface area contributed by atoms with Gasteiger partial charge in [-0.25, -0.2) is 0 Å². The second-order valence-corrected chi connectivity index (χ2v) is 5.84. The van der Waals surface area contributed by atoms with Crippen LogP contribution in [0, 0.1) is 0 Å². The summed E-state index contributed by atoms with van der Waals surface area (Å²) < 4.78 is 0. The molecule has 1 aliphatic rings. The highest BCUT2D eigenvalue weighted by Crippen LogP contribution is 2.39. The van der Waals surface area contributed by atoms with Gasteiger partial charge in [0.15, 0.2) is 0 Å². The van der Waals surface area contributed by atoms with Crippen LogP contribution in [0.15, 0.2) is 17.0 Å². The number of nitrogens with one attached hydrogen (secondary N) is 1. The third-order valence-electron chi connectivity index (χ3n) is 2.56. The van der Waals surface area contributed by atoms with Crippen molar-refractivity contribution in [3.63, 3.8) is 0 Å². The lowest BCUT2D eigenvalue weighted by molar-refractivity contribution is -0.116. The zero-order valence-corrected chi connectivity index (χ0v) is 10.8. The lowest BCUT2D eigenvalue weighted by Crippen LogP contribution is -2.19. The molecule has 2 rings (SSSR count). The van der Waals surface area contributed by atoms with E-state index in [1.54, 1.807) is 12.1 Å². The van der Waals surface area contributed by atoms with Crippen LogP contribution in [0.2, 0.25) is 5.02 Å². The summed E-state index contributed by atoms with van der Waals surface area (Å²) in [5.74, 6) is -0.214. The molecule has 4 nitrogen and oxygen atoms in total. The number of carbonyl (C=O) groups excluding carboxylic acids is 1. The van der Waals surface area contributed by atoms with Crippen LogP contribution in [-0.2, 0) is 4.79 Å². The first-order valence-corrected chi connectivity index (χ1v) is 6.46. The Morgan fingerprint density at radius 3 is 3.00 bits per heavy atom. The van der Waals surface area contributed by atoms with Gasteiger partial charge in [0.05, 0.1) is 11.6 Å². The van der Waals surface area contributed by atoms with E-state index in [1.165, 1.54) is 11.8 Å². The molecule has 1 aromatic carbocycles. The van der Waals surface area contributed by atoms with Gasteiger partial charge in [-0.1, -0.05) is 18.5 Å². The second-order valence-electron chi connectivity index (χ2n) is 3.95. The second kappa shape index (κ2) is 4.86. The molecule has 17 heavy (non-hydrogen) atoms. The predicted octanol–water partition coefficient (Wildman–Crippen LogP) is 1.76. The molecule has 4 N–H and O–H groups in total. The molecule has 0 saturated heterocycles. The number of rotatable bonds is 3. The average molecular weight is 273 g/mol. The molecular weight excluding hydrogens is 260 g/mol. The fourth-order valence-electron chi connectivity index (χ4n) is 1.63. The molecule has 0 radical (unpaired) electrons. The van der Waals surface area contributed by atoms with Gasteiger partial charge in [0.2, 0.25) is 5.91 Å². The van der Waals surface area contributed by atoms with Crippen molar-refractivity contribution in [2.45, 2.75) is 23.1 Å². The van der Waals surface area contributed by atoms with Crippen molar-refractivity contribution < 1.29 is 9.90 Å². The van der Waals surface area contributed by atoms with Crippen LogP contribution in [0.3, 0.4) is 0 Å². The van der Waals surface area contributed by atoms with Gasteiger partial charge in [0, 0.05) is 21.4 Å². The van der Waals surface area contributed by atoms with Gasteiger partial charge < -0.3 is 16.2 Å². The van der Waals surface area contributed by atoms with Crippen molar-refractivity contribution in [1.29, 1.82) is 0 Å². The highest BCUT2D eigenvalue weighted by molar-refractivity contribution is 8.00. The zero-order chi connectivity index (χ0) is 12.6. The number of anilines is 1. The van der Waals surface area contributed by atoms with E-state index in [4.69, 9.17) is 22.4 Å². The monoisotopic (exact) mass is 272 g/mol. The minimum Gasteiger partial charge on any atom is -0.395 e. The Hall–Kier alpha value is -0.750. The topological polar surface area (TPSA) is 75.3 Å². The molecule has 0 bridgehead atoms. The van der Waals surface area contributed by atoms with Crippen LogP contribution in [-0.4, -0.2) is 22.9 Å². The van der Waals surface area contributed by atoms with Gasteiger partial charge in [-0.2, -0.15) is 0 Å². The Morgan fingerprint density at radius 2 is 2.35 bits per heavy atom. The number of aliphatic hydroxyl groups is 1. The molecule has 2 unspecified atom stereocenters. The maximum atomic E-state index is 11.4. The molecule has 0 saturated carbocycles. The van der Waals surface area contributed by atoms with E-state index in [-0.39, 0.29) is 17.8 Å². The molecule has 1 amide bonds. The summed E-state index contributed by atoms with van der Waals surface area (Å²) in [6, 6.07) is 2.88. The molecule has 1 heterocycles. The number of amides is 1. The first kappa shape index (κ1) is 12.7. The molecular formula is C11H13ClN2O2S. The van der Waals surface area contributed by atoms with Crippen molar-refractivity contribution in [1.82, 2.24) is 0 Å². The maximum absolute atomic E-state index is 11.4. The normalized spacial score (nSPS) is 20.0. The lowest BCUT2D eigenvalue weighted by Gasteiger charge is -2.11. The van der Waals surface area contributed by atoms with Crippen molar-refractivity contribution >= 4 is 35.0 Å². The number of halogens is 1. The summed E-state index contributed by atoms with van der Waals surface area (Å²) in [4.78, 5) is 12.2. The molecule has 0 aromatic heterocycles. The number of benzene rings is 1. The van der Waals surface area contributed by atoms with E-state index >= 15 is 0 Å². The fourth-order valence-corrected chi connectivity index (χ4v) is 2.80. The minimum absolute atomic E-state index is 0.0522. The van der Waals surface area contributed by atoms with Crippen LogP contribution in [0.5, 0.6) is 0 Å². The third kappa shape index (κ3) is 2.42. The quantitative estimate of drug-likeness (QED) is 0.733. The summed E-state index contributed by atoms with van der Waals surface area (Å²) in [7, 11) is 0. The zero-order valence-electron chi connectivity index (χ0n) is 9.24. The summed E-state index contributed by atoms with van der Waals surface area (Å²) in [5, 5.41) is 12.3. The number of hydrogen-bond donors (Lipinski definition) is 3. The lowest BCUT2D eigenvalue weighted by atomic mass is 10.1. The van der Waals surface area contributed by atoms with Gasteiger partial charge >= 0.3 is 0 Å². The van der Waals surface area contributed by atoms with E-state index < -0.39 is 6.04 Å². The molecule has 0 spiro atoms. The van der Waals surface area contributed by atoms with Crippen molar-refractivity contribution in [2.24, 2.45) is 5.73 Å². The number of nitrogens with two attached hydrogens (primary N) is 1. The highest BCUT2D eigenvalue weighted by Gasteiger charge is 2.28. The predicted molar refractivity (Wildman–Crippen MR) is 69.4 cm³/mol. The Labute approximate surface area is 109 Å². The van der Waals surface area contributed by atoms with Gasteiger partial charge in [-0.15, -0.1) is 11.8 Å². The fraction of sp³-hybridized carbons (Fsp3) is 0.364. The summed E-state index contributed by atoms with van der Waals surface area (Å²) in [6.07, 6.45) is 0. The molecule has 0 fully saturated rings. The first-order valence-electron chi connectivity index (χ1n) is 5.20. The highest BCUT2D eigenvalue weighted by atomic mass is 35.5. The van der Waals surface area contributed by atoms with Gasteiger partial charge in [0.1, 0.15) is 6.04 Å². The van der Waals surface area contributed by atoms with Gasteiger partial charge in [0.25, 0.3) is 0 Å². The molecule has 0 aliphatic carbocycles. The largest absolute Gasteiger partial charge is 0.395 e. The van der Waals surface area contributed by atoms with Crippen molar-refractivity contribution in [2.75, 3.05) is 11.9 Å².